The van der Waals surface area contributed by atoms with Crippen LogP contribution in [-0.2, 0) is 4.79 Å². The van der Waals surface area contributed by atoms with Gasteiger partial charge in [0.2, 0.25) is 5.91 Å². The van der Waals surface area contributed by atoms with Crippen LogP contribution in [0.15, 0.2) is 54.6 Å². The molecule has 21 heavy (non-hydrogen) atoms. The van der Waals surface area contributed by atoms with Crippen LogP contribution in [0, 0.1) is 5.92 Å². The van der Waals surface area contributed by atoms with Gasteiger partial charge in [-0.15, -0.1) is 0 Å². The first-order valence-corrected chi connectivity index (χ1v) is 7.70. The second kappa shape index (κ2) is 6.13. The van der Waals surface area contributed by atoms with Crippen molar-refractivity contribution in [3.63, 3.8) is 0 Å². The molecule has 2 nitrogen and oxygen atoms in total. The van der Waals surface area contributed by atoms with Gasteiger partial charge in [-0.05, 0) is 36.5 Å². The minimum atomic E-state index is 0.0722. The monoisotopic (exact) mass is 279 g/mol. The molecule has 0 bridgehead atoms. The Labute approximate surface area is 126 Å². The predicted molar refractivity (Wildman–Crippen MR) is 85.8 cm³/mol. The highest BCUT2D eigenvalue weighted by molar-refractivity contribution is 5.79. The van der Waals surface area contributed by atoms with Gasteiger partial charge >= 0.3 is 0 Å². The van der Waals surface area contributed by atoms with Crippen LogP contribution < -0.4 is 5.32 Å². The summed E-state index contributed by atoms with van der Waals surface area (Å²) in [6.07, 6.45) is 3.29. The zero-order valence-corrected chi connectivity index (χ0v) is 12.4. The summed E-state index contributed by atoms with van der Waals surface area (Å²) >= 11 is 0. The number of hydrogen-bond acceptors (Lipinski definition) is 1. The van der Waals surface area contributed by atoms with Crippen LogP contribution in [0.2, 0.25) is 0 Å². The fraction of sp³-hybridized carbons (Fsp3) is 0.316. The predicted octanol–water partition coefficient (Wildman–Crippen LogP) is 4.33. The molecule has 0 heterocycles. The fourth-order valence-electron chi connectivity index (χ4n) is 2.68. The lowest BCUT2D eigenvalue weighted by molar-refractivity contribution is -0.128. The van der Waals surface area contributed by atoms with Crippen molar-refractivity contribution in [3.8, 4) is 11.1 Å². The largest absolute Gasteiger partial charge is 0.349 e. The number of nitrogens with one attached hydrogen (secondary N) is 1. The average Bonchev–Trinajstić information content (AvgIpc) is 2.46. The minimum absolute atomic E-state index is 0.0722. The van der Waals surface area contributed by atoms with E-state index in [1.165, 1.54) is 17.5 Å². The summed E-state index contributed by atoms with van der Waals surface area (Å²) in [6.45, 7) is 2.05. The van der Waals surface area contributed by atoms with E-state index in [1.807, 2.05) is 25.1 Å². The second-order valence-electron chi connectivity index (χ2n) is 5.85. The summed E-state index contributed by atoms with van der Waals surface area (Å²) in [5, 5.41) is 3.12. The summed E-state index contributed by atoms with van der Waals surface area (Å²) in [6, 6.07) is 18.9. The normalized spacial score (nSPS) is 16.0. The van der Waals surface area contributed by atoms with Crippen molar-refractivity contribution in [1.82, 2.24) is 5.32 Å². The molecule has 1 atom stereocenters. The number of carbonyl (C=O) groups is 1. The van der Waals surface area contributed by atoms with Gasteiger partial charge in [0.1, 0.15) is 0 Å². The first-order chi connectivity index (χ1) is 10.2. The molecule has 1 amide bonds. The van der Waals surface area contributed by atoms with E-state index in [0.29, 0.717) is 0 Å². The number of benzene rings is 2. The maximum absolute atomic E-state index is 12.0. The zero-order chi connectivity index (χ0) is 14.7. The maximum Gasteiger partial charge on any atom is 0.223 e. The topological polar surface area (TPSA) is 29.1 Å². The molecule has 1 saturated carbocycles. The standard InChI is InChI=1S/C19H21NO/c1-14(20-19(21)18-8-5-9-18)15-10-12-17(13-11-15)16-6-3-2-4-7-16/h2-4,6-7,10-14,18H,5,8-9H2,1H3,(H,20,21)/t14-/m0/s1. The van der Waals surface area contributed by atoms with E-state index in [9.17, 15) is 4.79 Å². The molecule has 108 valence electrons. The Morgan fingerprint density at radius 3 is 2.19 bits per heavy atom. The van der Waals surface area contributed by atoms with Gasteiger partial charge in [0.05, 0.1) is 6.04 Å². The Morgan fingerprint density at radius 2 is 1.62 bits per heavy atom. The first-order valence-electron chi connectivity index (χ1n) is 7.70. The van der Waals surface area contributed by atoms with Crippen molar-refractivity contribution < 1.29 is 4.79 Å². The molecule has 0 aliphatic heterocycles. The lowest BCUT2D eigenvalue weighted by atomic mass is 9.84. The molecule has 0 unspecified atom stereocenters. The Hall–Kier alpha value is -2.09. The highest BCUT2D eigenvalue weighted by Crippen LogP contribution is 2.27. The van der Waals surface area contributed by atoms with E-state index in [0.717, 1.165) is 18.4 Å². The van der Waals surface area contributed by atoms with Gasteiger partial charge < -0.3 is 5.32 Å². The van der Waals surface area contributed by atoms with Crippen molar-refractivity contribution in [1.29, 1.82) is 0 Å². The maximum atomic E-state index is 12.0. The van der Waals surface area contributed by atoms with Crippen molar-refractivity contribution in [2.75, 3.05) is 0 Å². The Bertz CT molecular complexity index is 599. The van der Waals surface area contributed by atoms with Gasteiger partial charge in [-0.2, -0.15) is 0 Å². The summed E-state index contributed by atoms with van der Waals surface area (Å²) in [7, 11) is 0. The van der Waals surface area contributed by atoms with Crippen LogP contribution in [0.5, 0.6) is 0 Å². The molecule has 1 fully saturated rings. The molecule has 1 aliphatic rings. The number of amides is 1. The number of carbonyl (C=O) groups excluding carboxylic acids is 1. The van der Waals surface area contributed by atoms with Gasteiger partial charge in [0.15, 0.2) is 0 Å². The highest BCUT2D eigenvalue weighted by Gasteiger charge is 2.26. The van der Waals surface area contributed by atoms with Crippen molar-refractivity contribution in [3.05, 3.63) is 60.2 Å². The van der Waals surface area contributed by atoms with Gasteiger partial charge in [0.25, 0.3) is 0 Å². The van der Waals surface area contributed by atoms with Crippen LogP contribution in [0.3, 0.4) is 0 Å². The quantitative estimate of drug-likeness (QED) is 0.886. The number of hydrogen-bond donors (Lipinski definition) is 1. The molecule has 0 spiro atoms. The second-order valence-corrected chi connectivity index (χ2v) is 5.85. The lowest BCUT2D eigenvalue weighted by Gasteiger charge is -2.26. The third kappa shape index (κ3) is 3.15. The van der Waals surface area contributed by atoms with E-state index < -0.39 is 0 Å². The molecule has 2 heteroatoms. The van der Waals surface area contributed by atoms with E-state index in [1.54, 1.807) is 0 Å². The van der Waals surface area contributed by atoms with E-state index in [4.69, 9.17) is 0 Å². The minimum Gasteiger partial charge on any atom is -0.349 e. The average molecular weight is 279 g/mol. The van der Waals surface area contributed by atoms with Crippen molar-refractivity contribution >= 4 is 5.91 Å². The molecule has 1 aliphatic carbocycles. The molecular formula is C19H21NO. The summed E-state index contributed by atoms with van der Waals surface area (Å²) in [5.74, 6) is 0.455. The van der Waals surface area contributed by atoms with Crippen LogP contribution in [0.1, 0.15) is 37.8 Å². The van der Waals surface area contributed by atoms with E-state index in [-0.39, 0.29) is 17.9 Å². The molecular weight excluding hydrogens is 258 g/mol. The summed E-state index contributed by atoms with van der Waals surface area (Å²) in [5.41, 5.74) is 3.58. The van der Waals surface area contributed by atoms with Gasteiger partial charge in [-0.3, -0.25) is 4.79 Å². The molecule has 2 aromatic carbocycles. The van der Waals surface area contributed by atoms with Crippen LogP contribution in [-0.4, -0.2) is 5.91 Å². The van der Waals surface area contributed by atoms with Gasteiger partial charge in [0, 0.05) is 5.92 Å². The van der Waals surface area contributed by atoms with Crippen LogP contribution in [0.4, 0.5) is 0 Å². The summed E-state index contributed by atoms with van der Waals surface area (Å²) in [4.78, 5) is 12.0. The fourth-order valence-corrected chi connectivity index (χ4v) is 2.68. The molecule has 1 N–H and O–H groups in total. The van der Waals surface area contributed by atoms with Crippen molar-refractivity contribution in [2.24, 2.45) is 5.92 Å². The Morgan fingerprint density at radius 1 is 1.00 bits per heavy atom. The number of rotatable bonds is 4. The van der Waals surface area contributed by atoms with Crippen molar-refractivity contribution in [2.45, 2.75) is 32.2 Å². The molecule has 2 aromatic rings. The Balaban J connectivity index is 1.67. The smallest absolute Gasteiger partial charge is 0.223 e. The third-order valence-electron chi connectivity index (χ3n) is 4.35. The molecule has 0 radical (unpaired) electrons. The SMILES string of the molecule is C[C@H](NC(=O)C1CCC1)c1ccc(-c2ccccc2)cc1. The molecule has 0 aromatic heterocycles. The van der Waals surface area contributed by atoms with E-state index >= 15 is 0 Å². The first kappa shape index (κ1) is 13.9. The molecule has 0 saturated heterocycles. The lowest BCUT2D eigenvalue weighted by Crippen LogP contribution is -2.35. The van der Waals surface area contributed by atoms with Crippen LogP contribution in [0.25, 0.3) is 11.1 Å². The Kier molecular flexibility index (Phi) is 4.05. The van der Waals surface area contributed by atoms with Gasteiger partial charge in [-0.25, -0.2) is 0 Å². The third-order valence-corrected chi connectivity index (χ3v) is 4.35. The van der Waals surface area contributed by atoms with E-state index in [2.05, 4.69) is 41.7 Å². The molecule has 3 rings (SSSR count). The van der Waals surface area contributed by atoms with Gasteiger partial charge in [-0.1, -0.05) is 61.0 Å². The highest BCUT2D eigenvalue weighted by atomic mass is 16.1. The van der Waals surface area contributed by atoms with Crippen LogP contribution >= 0.6 is 0 Å². The summed E-state index contributed by atoms with van der Waals surface area (Å²) < 4.78 is 0. The zero-order valence-electron chi connectivity index (χ0n) is 12.4.